The maximum Gasteiger partial charge on any atom is 0.191 e. The van der Waals surface area contributed by atoms with Gasteiger partial charge in [0.2, 0.25) is 0 Å². The first kappa shape index (κ1) is 21.8. The highest BCUT2D eigenvalue weighted by Gasteiger charge is 2.40. The summed E-state index contributed by atoms with van der Waals surface area (Å²) < 4.78 is 5.58. The van der Waals surface area contributed by atoms with Crippen LogP contribution in [0.5, 0.6) is 0 Å². The van der Waals surface area contributed by atoms with E-state index in [4.69, 9.17) is 9.73 Å². The molecule has 2 fully saturated rings. The molecule has 2 N–H and O–H groups in total. The van der Waals surface area contributed by atoms with Crippen LogP contribution in [0.25, 0.3) is 0 Å². The molecule has 0 bridgehead atoms. The van der Waals surface area contributed by atoms with Gasteiger partial charge in [-0.05, 0) is 49.5 Å². The average molecular weight is 423 g/mol. The van der Waals surface area contributed by atoms with Crippen molar-refractivity contribution in [2.24, 2.45) is 4.99 Å². The molecular weight excluding hydrogens is 388 g/mol. The van der Waals surface area contributed by atoms with Gasteiger partial charge in [0.25, 0.3) is 0 Å². The maximum absolute atomic E-state index is 5.58. The SMILES string of the molecule is CCNC(=NCc1ccc(C)cc1SC)NCC1(N2CCOCC2)CCSC1. The maximum atomic E-state index is 5.58. The van der Waals surface area contributed by atoms with Crippen LogP contribution in [0.3, 0.4) is 0 Å². The quantitative estimate of drug-likeness (QED) is 0.400. The molecule has 0 spiro atoms. The van der Waals surface area contributed by atoms with Crippen molar-refractivity contribution in [3.8, 4) is 0 Å². The number of aryl methyl sites for hydroxylation is 1. The Morgan fingerprint density at radius 1 is 1.32 bits per heavy atom. The highest BCUT2D eigenvalue weighted by molar-refractivity contribution is 7.99. The van der Waals surface area contributed by atoms with E-state index in [2.05, 4.69) is 65.6 Å². The lowest BCUT2D eigenvalue weighted by molar-refractivity contribution is -0.0120. The third kappa shape index (κ3) is 5.59. The van der Waals surface area contributed by atoms with Crippen molar-refractivity contribution in [3.05, 3.63) is 29.3 Å². The van der Waals surface area contributed by atoms with Gasteiger partial charge >= 0.3 is 0 Å². The first-order chi connectivity index (χ1) is 13.7. The van der Waals surface area contributed by atoms with E-state index in [0.717, 1.165) is 45.4 Å². The van der Waals surface area contributed by atoms with Gasteiger partial charge in [0.1, 0.15) is 0 Å². The van der Waals surface area contributed by atoms with E-state index in [1.54, 1.807) is 11.8 Å². The Morgan fingerprint density at radius 3 is 2.82 bits per heavy atom. The van der Waals surface area contributed by atoms with Crippen LogP contribution in [0.1, 0.15) is 24.5 Å². The first-order valence-corrected chi connectivity index (χ1v) is 12.6. The van der Waals surface area contributed by atoms with E-state index in [1.165, 1.54) is 33.9 Å². The molecule has 0 aliphatic carbocycles. The summed E-state index contributed by atoms with van der Waals surface area (Å²) >= 11 is 3.87. The predicted molar refractivity (Wildman–Crippen MR) is 123 cm³/mol. The normalized spacial score (nSPS) is 23.8. The van der Waals surface area contributed by atoms with Crippen LogP contribution >= 0.6 is 23.5 Å². The fourth-order valence-corrected chi connectivity index (χ4v) is 6.05. The van der Waals surface area contributed by atoms with E-state index >= 15 is 0 Å². The molecule has 1 aromatic carbocycles. The van der Waals surface area contributed by atoms with Gasteiger partial charge in [-0.2, -0.15) is 11.8 Å². The van der Waals surface area contributed by atoms with Crippen LogP contribution in [0.15, 0.2) is 28.1 Å². The first-order valence-electron chi connectivity index (χ1n) is 10.2. The van der Waals surface area contributed by atoms with Crippen molar-refractivity contribution < 1.29 is 4.74 Å². The summed E-state index contributed by atoms with van der Waals surface area (Å²) in [7, 11) is 0. The minimum Gasteiger partial charge on any atom is -0.379 e. The molecule has 0 saturated carbocycles. The van der Waals surface area contributed by atoms with Gasteiger partial charge in [0.05, 0.1) is 19.8 Å². The zero-order chi connectivity index (χ0) is 19.8. The number of ether oxygens (including phenoxy) is 1. The van der Waals surface area contributed by atoms with Gasteiger partial charge in [-0.3, -0.25) is 4.90 Å². The van der Waals surface area contributed by atoms with Gasteiger partial charge in [-0.1, -0.05) is 12.1 Å². The average Bonchev–Trinajstić information content (AvgIpc) is 3.21. The number of nitrogens with zero attached hydrogens (tertiary/aromatic N) is 2. The Morgan fingerprint density at radius 2 is 2.14 bits per heavy atom. The molecule has 28 heavy (non-hydrogen) atoms. The Bertz CT molecular complexity index is 656. The third-order valence-electron chi connectivity index (χ3n) is 5.54. The summed E-state index contributed by atoms with van der Waals surface area (Å²) in [6.45, 7) is 10.6. The number of nitrogens with one attached hydrogen (secondary N) is 2. The van der Waals surface area contributed by atoms with E-state index in [1.807, 2.05) is 0 Å². The van der Waals surface area contributed by atoms with Crippen LogP contribution in [-0.2, 0) is 11.3 Å². The van der Waals surface area contributed by atoms with E-state index in [0.29, 0.717) is 6.54 Å². The highest BCUT2D eigenvalue weighted by Crippen LogP contribution is 2.33. The van der Waals surface area contributed by atoms with Crippen LogP contribution in [0.4, 0.5) is 0 Å². The van der Waals surface area contributed by atoms with Gasteiger partial charge in [-0.25, -0.2) is 4.99 Å². The second kappa shape index (κ2) is 10.8. The number of thioether (sulfide) groups is 2. The fourth-order valence-electron chi connectivity index (χ4n) is 3.87. The Labute approximate surface area is 178 Å². The molecular formula is C21H34N4OS2. The molecule has 2 aliphatic rings. The van der Waals surface area contributed by atoms with Crippen molar-refractivity contribution in [1.29, 1.82) is 0 Å². The Balaban J connectivity index is 1.67. The topological polar surface area (TPSA) is 48.9 Å². The van der Waals surface area contributed by atoms with Crippen LogP contribution in [-0.4, -0.2) is 73.6 Å². The molecule has 5 nitrogen and oxygen atoms in total. The minimum atomic E-state index is 0.221. The molecule has 2 saturated heterocycles. The van der Waals surface area contributed by atoms with Gasteiger partial charge in [0.15, 0.2) is 5.96 Å². The number of aliphatic imine (C=N–C) groups is 1. The number of hydrogen-bond acceptors (Lipinski definition) is 5. The monoisotopic (exact) mass is 422 g/mol. The zero-order valence-electron chi connectivity index (χ0n) is 17.4. The lowest BCUT2D eigenvalue weighted by atomic mass is 9.95. The number of guanidine groups is 1. The van der Waals surface area contributed by atoms with E-state index in [-0.39, 0.29) is 5.54 Å². The second-order valence-corrected chi connectivity index (χ2v) is 9.44. The van der Waals surface area contributed by atoms with Crippen molar-refractivity contribution in [2.75, 3.05) is 57.2 Å². The Kier molecular flexibility index (Phi) is 8.38. The molecule has 2 heterocycles. The molecule has 0 radical (unpaired) electrons. The predicted octanol–water partition coefficient (Wildman–Crippen LogP) is 2.98. The lowest BCUT2D eigenvalue weighted by Gasteiger charge is -2.43. The zero-order valence-corrected chi connectivity index (χ0v) is 19.1. The molecule has 1 atom stereocenters. The molecule has 0 aromatic heterocycles. The van der Waals surface area contributed by atoms with Gasteiger partial charge in [-0.15, -0.1) is 11.8 Å². The minimum absolute atomic E-state index is 0.221. The van der Waals surface area contributed by atoms with Crippen molar-refractivity contribution >= 4 is 29.5 Å². The number of morpholine rings is 1. The summed E-state index contributed by atoms with van der Waals surface area (Å²) in [6.07, 6.45) is 3.37. The summed E-state index contributed by atoms with van der Waals surface area (Å²) in [6, 6.07) is 6.63. The number of rotatable bonds is 7. The highest BCUT2D eigenvalue weighted by atomic mass is 32.2. The standard InChI is InChI=1S/C21H34N4OS2/c1-4-22-20(23-14-18-6-5-17(2)13-19(18)27-3)24-15-21(7-12-28-16-21)25-8-10-26-11-9-25/h5-6,13H,4,7-12,14-16H2,1-3H3,(H2,22,23,24). The van der Waals surface area contributed by atoms with E-state index < -0.39 is 0 Å². The third-order valence-corrected chi connectivity index (χ3v) is 7.60. The molecule has 3 rings (SSSR count). The van der Waals surface area contributed by atoms with Crippen LogP contribution in [0.2, 0.25) is 0 Å². The van der Waals surface area contributed by atoms with Crippen LogP contribution in [0, 0.1) is 6.92 Å². The summed E-state index contributed by atoms with van der Waals surface area (Å²) in [5.74, 6) is 3.35. The smallest absolute Gasteiger partial charge is 0.191 e. The van der Waals surface area contributed by atoms with Crippen LogP contribution < -0.4 is 10.6 Å². The summed E-state index contributed by atoms with van der Waals surface area (Å²) in [5.41, 5.74) is 2.81. The summed E-state index contributed by atoms with van der Waals surface area (Å²) in [5, 5.41) is 7.08. The van der Waals surface area contributed by atoms with Crippen molar-refractivity contribution in [2.45, 2.75) is 37.2 Å². The summed E-state index contributed by atoms with van der Waals surface area (Å²) in [4.78, 5) is 8.84. The molecule has 7 heteroatoms. The van der Waals surface area contributed by atoms with Crippen molar-refractivity contribution in [1.82, 2.24) is 15.5 Å². The van der Waals surface area contributed by atoms with Crippen molar-refractivity contribution in [3.63, 3.8) is 0 Å². The largest absolute Gasteiger partial charge is 0.379 e. The second-order valence-electron chi connectivity index (χ2n) is 7.49. The number of benzene rings is 1. The fraction of sp³-hybridized carbons (Fsp3) is 0.667. The molecule has 1 aromatic rings. The van der Waals surface area contributed by atoms with Gasteiger partial charge in [0, 0.05) is 42.4 Å². The Hall–Kier alpha value is -0.890. The van der Waals surface area contributed by atoms with E-state index in [9.17, 15) is 0 Å². The molecule has 2 aliphatic heterocycles. The number of hydrogen-bond donors (Lipinski definition) is 2. The molecule has 1 unspecified atom stereocenters. The molecule has 0 amide bonds. The molecule has 156 valence electrons. The lowest BCUT2D eigenvalue weighted by Crippen LogP contribution is -2.60. The van der Waals surface area contributed by atoms with Gasteiger partial charge < -0.3 is 15.4 Å².